The Morgan fingerprint density at radius 1 is 1.09 bits per heavy atom. The molecule has 1 aliphatic heterocycles. The zero-order valence-corrected chi connectivity index (χ0v) is 19.4. The molecule has 3 aromatic heterocycles. The van der Waals surface area contributed by atoms with Gasteiger partial charge in [0.2, 0.25) is 5.95 Å². The molecule has 1 N–H and O–H groups in total. The van der Waals surface area contributed by atoms with E-state index in [-0.39, 0.29) is 5.56 Å². The summed E-state index contributed by atoms with van der Waals surface area (Å²) in [6.45, 7) is 4.18. The largest absolute Gasteiger partial charge is 0.369 e. The van der Waals surface area contributed by atoms with Crippen LogP contribution in [0.5, 0.6) is 0 Å². The topological polar surface area (TPSA) is 66.3 Å². The molecule has 1 aromatic carbocycles. The van der Waals surface area contributed by atoms with Gasteiger partial charge in [-0.05, 0) is 42.8 Å². The van der Waals surface area contributed by atoms with Crippen LogP contribution in [0.25, 0.3) is 21.5 Å². The molecule has 0 radical (unpaired) electrons. The molecule has 1 aliphatic rings. The molecule has 0 unspecified atom stereocenters. The number of aromatic nitrogens is 3. The number of thiophene rings is 1. The van der Waals surface area contributed by atoms with Gasteiger partial charge in [0, 0.05) is 55.7 Å². The minimum atomic E-state index is -0.168. The van der Waals surface area contributed by atoms with Gasteiger partial charge in [-0.1, -0.05) is 12.0 Å². The molecule has 0 bridgehead atoms. The Morgan fingerprint density at radius 3 is 2.52 bits per heavy atom. The summed E-state index contributed by atoms with van der Waals surface area (Å²) in [7, 11) is 3.86. The van der Waals surface area contributed by atoms with Gasteiger partial charge in [0.05, 0.1) is 16.5 Å². The summed E-state index contributed by atoms with van der Waals surface area (Å²) in [5.41, 5.74) is 3.46. The Morgan fingerprint density at radius 2 is 1.85 bits per heavy atom. The number of terminal acetylenes is 1. The number of likely N-dealkylation sites (N-methyl/N-ethyl adjacent to an activating group) is 1. The number of hydrogen-bond acceptors (Lipinski definition) is 7. The van der Waals surface area contributed by atoms with Crippen LogP contribution in [0.1, 0.15) is 5.56 Å². The van der Waals surface area contributed by atoms with Crippen LogP contribution in [-0.4, -0.2) is 52.7 Å². The summed E-state index contributed by atoms with van der Waals surface area (Å²) in [5.74, 6) is 3.10. The molecule has 0 saturated carbocycles. The first kappa shape index (κ1) is 21.2. The molecular formula is C25H24N6OS. The van der Waals surface area contributed by atoms with E-state index < -0.39 is 0 Å². The molecule has 1 fully saturated rings. The number of pyridine rings is 1. The molecule has 0 spiro atoms. The van der Waals surface area contributed by atoms with E-state index in [1.54, 1.807) is 13.2 Å². The number of aryl methyl sites for hydroxylation is 1. The van der Waals surface area contributed by atoms with Crippen molar-refractivity contribution in [1.29, 1.82) is 0 Å². The number of piperazine rings is 1. The molecule has 7 nitrogen and oxygen atoms in total. The fourth-order valence-electron chi connectivity index (χ4n) is 4.12. The van der Waals surface area contributed by atoms with E-state index in [9.17, 15) is 4.79 Å². The van der Waals surface area contributed by atoms with Crippen molar-refractivity contribution in [2.75, 3.05) is 43.4 Å². The van der Waals surface area contributed by atoms with E-state index in [2.05, 4.69) is 50.2 Å². The van der Waals surface area contributed by atoms with E-state index in [0.717, 1.165) is 36.7 Å². The van der Waals surface area contributed by atoms with Crippen LogP contribution in [0, 0.1) is 12.3 Å². The zero-order chi connectivity index (χ0) is 22.9. The third kappa shape index (κ3) is 3.97. The summed E-state index contributed by atoms with van der Waals surface area (Å²) in [6, 6.07) is 12.1. The van der Waals surface area contributed by atoms with E-state index in [4.69, 9.17) is 6.42 Å². The van der Waals surface area contributed by atoms with Crippen LogP contribution in [-0.2, 0) is 7.05 Å². The van der Waals surface area contributed by atoms with Gasteiger partial charge in [-0.2, -0.15) is 4.98 Å². The fourth-order valence-corrected chi connectivity index (χ4v) is 4.89. The molecule has 1 saturated heterocycles. The van der Waals surface area contributed by atoms with Crippen molar-refractivity contribution in [1.82, 2.24) is 19.4 Å². The number of hydrogen-bond donors (Lipinski definition) is 1. The first-order valence-corrected chi connectivity index (χ1v) is 11.6. The lowest BCUT2D eigenvalue weighted by Crippen LogP contribution is -2.44. The maximum Gasteiger partial charge on any atom is 0.261 e. The second-order valence-corrected chi connectivity index (χ2v) is 9.08. The predicted molar refractivity (Wildman–Crippen MR) is 135 cm³/mol. The lowest BCUT2D eigenvalue weighted by atomic mass is 10.1. The molecular weight excluding hydrogens is 432 g/mol. The van der Waals surface area contributed by atoms with Crippen molar-refractivity contribution in [2.24, 2.45) is 7.05 Å². The highest BCUT2D eigenvalue weighted by Gasteiger charge is 2.18. The summed E-state index contributed by atoms with van der Waals surface area (Å²) in [5, 5.41) is 5.85. The molecule has 8 heteroatoms. The van der Waals surface area contributed by atoms with E-state index in [0.29, 0.717) is 28.1 Å². The average molecular weight is 457 g/mol. The van der Waals surface area contributed by atoms with Gasteiger partial charge in [-0.15, -0.1) is 17.8 Å². The number of nitrogens with zero attached hydrogens (tertiary/aromatic N) is 5. The van der Waals surface area contributed by atoms with Gasteiger partial charge >= 0.3 is 0 Å². The Bertz CT molecular complexity index is 1390. The molecule has 0 aliphatic carbocycles. The highest BCUT2D eigenvalue weighted by molar-refractivity contribution is 7.13. The Balaban J connectivity index is 1.45. The summed E-state index contributed by atoms with van der Waals surface area (Å²) in [4.78, 5) is 27.8. The molecule has 4 heterocycles. The highest BCUT2D eigenvalue weighted by Crippen LogP contribution is 2.29. The van der Waals surface area contributed by atoms with Crippen molar-refractivity contribution >= 4 is 39.7 Å². The van der Waals surface area contributed by atoms with Crippen LogP contribution in [0.2, 0.25) is 0 Å². The Hall–Kier alpha value is -3.67. The second-order valence-electron chi connectivity index (χ2n) is 8.13. The van der Waals surface area contributed by atoms with Crippen molar-refractivity contribution in [2.45, 2.75) is 0 Å². The van der Waals surface area contributed by atoms with Crippen molar-refractivity contribution in [3.8, 4) is 22.8 Å². The van der Waals surface area contributed by atoms with Gasteiger partial charge < -0.3 is 15.1 Å². The molecule has 5 rings (SSSR count). The highest BCUT2D eigenvalue weighted by atomic mass is 32.1. The molecule has 33 heavy (non-hydrogen) atoms. The van der Waals surface area contributed by atoms with Crippen LogP contribution in [0.15, 0.2) is 52.8 Å². The lowest BCUT2D eigenvalue weighted by Gasteiger charge is -2.34. The summed E-state index contributed by atoms with van der Waals surface area (Å²) >= 11 is 1.49. The van der Waals surface area contributed by atoms with E-state index in [1.807, 2.05) is 29.6 Å². The summed E-state index contributed by atoms with van der Waals surface area (Å²) < 4.78 is 1.54. The number of benzene rings is 1. The Kier molecular flexibility index (Phi) is 5.58. The minimum Gasteiger partial charge on any atom is -0.369 e. The quantitative estimate of drug-likeness (QED) is 0.474. The normalized spacial score (nSPS) is 14.4. The average Bonchev–Trinajstić information content (AvgIpc) is 3.37. The molecule has 166 valence electrons. The summed E-state index contributed by atoms with van der Waals surface area (Å²) in [6.07, 6.45) is 7.50. The SMILES string of the molecule is C#Cc1c(-c2cccs2)c(=O)n(C)c2nc(Nc3ccc(N4CCN(C)CC4)cc3)ncc12. The maximum absolute atomic E-state index is 13.1. The Labute approximate surface area is 196 Å². The zero-order valence-electron chi connectivity index (χ0n) is 18.6. The molecule has 4 aromatic rings. The third-order valence-electron chi connectivity index (χ3n) is 6.03. The standard InChI is InChI=1S/C25H24N6OS/c1-4-19-20-16-26-25(28-23(20)30(3)24(32)22(19)21-6-5-15-33-21)27-17-7-9-18(10-8-17)31-13-11-29(2)12-14-31/h1,5-10,15-16H,11-14H2,2-3H3,(H,26,27,28). The van der Waals surface area contributed by atoms with E-state index in [1.165, 1.54) is 21.6 Å². The number of rotatable bonds is 4. The maximum atomic E-state index is 13.1. The number of nitrogens with one attached hydrogen (secondary N) is 1. The number of fused-ring (bicyclic) bond motifs is 1. The first-order chi connectivity index (χ1) is 16.0. The first-order valence-electron chi connectivity index (χ1n) is 10.8. The van der Waals surface area contributed by atoms with Gasteiger partial charge in [0.25, 0.3) is 5.56 Å². The van der Waals surface area contributed by atoms with Crippen molar-refractivity contribution in [3.05, 3.63) is 63.9 Å². The van der Waals surface area contributed by atoms with Gasteiger partial charge in [-0.25, -0.2) is 4.98 Å². The third-order valence-corrected chi connectivity index (χ3v) is 6.92. The van der Waals surface area contributed by atoms with Gasteiger partial charge in [0.1, 0.15) is 5.65 Å². The van der Waals surface area contributed by atoms with Crippen molar-refractivity contribution in [3.63, 3.8) is 0 Å². The second kappa shape index (κ2) is 8.70. The van der Waals surface area contributed by atoms with Crippen LogP contribution >= 0.6 is 11.3 Å². The van der Waals surface area contributed by atoms with Gasteiger partial charge in [0.15, 0.2) is 0 Å². The van der Waals surface area contributed by atoms with Crippen molar-refractivity contribution < 1.29 is 0 Å². The van der Waals surface area contributed by atoms with Gasteiger partial charge in [-0.3, -0.25) is 9.36 Å². The monoisotopic (exact) mass is 456 g/mol. The smallest absolute Gasteiger partial charge is 0.261 e. The molecule has 0 atom stereocenters. The van der Waals surface area contributed by atoms with Crippen LogP contribution in [0.3, 0.4) is 0 Å². The predicted octanol–water partition coefficient (Wildman–Crippen LogP) is 3.53. The molecule has 0 amide bonds. The van der Waals surface area contributed by atoms with Crippen LogP contribution in [0.4, 0.5) is 17.3 Å². The minimum absolute atomic E-state index is 0.168. The fraction of sp³-hybridized carbons (Fsp3) is 0.240. The number of anilines is 3. The van der Waals surface area contributed by atoms with E-state index >= 15 is 0 Å². The van der Waals surface area contributed by atoms with Crippen LogP contribution < -0.4 is 15.8 Å². The lowest BCUT2D eigenvalue weighted by molar-refractivity contribution is 0.313.